The molecule has 26 heavy (non-hydrogen) atoms. The van der Waals surface area contributed by atoms with Gasteiger partial charge >= 0.3 is 0 Å². The van der Waals surface area contributed by atoms with E-state index in [1.807, 2.05) is 0 Å². The van der Waals surface area contributed by atoms with E-state index in [1.54, 1.807) is 5.57 Å². The van der Waals surface area contributed by atoms with Crippen LogP contribution >= 0.6 is 0 Å². The van der Waals surface area contributed by atoms with Gasteiger partial charge in [0.25, 0.3) is 0 Å². The van der Waals surface area contributed by atoms with Gasteiger partial charge < -0.3 is 4.90 Å². The quantitative estimate of drug-likeness (QED) is 0.345. The van der Waals surface area contributed by atoms with Crippen molar-refractivity contribution >= 4 is 0 Å². The van der Waals surface area contributed by atoms with Gasteiger partial charge in [0, 0.05) is 19.3 Å². The molecule has 1 saturated carbocycles. The maximum atomic E-state index is 4.03. The Morgan fingerprint density at radius 3 is 2.38 bits per heavy atom. The number of hydrogen-bond acceptors (Lipinski definition) is 1. The fourth-order valence-electron chi connectivity index (χ4n) is 4.38. The fraction of sp³-hybridized carbons (Fsp3) is 0.680. The van der Waals surface area contributed by atoms with Crippen molar-refractivity contribution < 1.29 is 0 Å². The van der Waals surface area contributed by atoms with E-state index >= 15 is 0 Å². The fourth-order valence-corrected chi connectivity index (χ4v) is 4.38. The van der Waals surface area contributed by atoms with Gasteiger partial charge in [-0.05, 0) is 74.9 Å². The van der Waals surface area contributed by atoms with Gasteiger partial charge in [-0.1, -0.05) is 64.5 Å². The van der Waals surface area contributed by atoms with Crippen LogP contribution in [0.5, 0.6) is 0 Å². The van der Waals surface area contributed by atoms with Crippen LogP contribution in [0.15, 0.2) is 47.7 Å². The lowest BCUT2D eigenvalue weighted by Gasteiger charge is -2.47. The van der Waals surface area contributed by atoms with Crippen molar-refractivity contribution in [3.05, 3.63) is 47.7 Å². The number of hydrogen-bond donors (Lipinski definition) is 0. The van der Waals surface area contributed by atoms with Crippen LogP contribution in [0.4, 0.5) is 0 Å². The summed E-state index contributed by atoms with van der Waals surface area (Å²) < 4.78 is 0. The Balaban J connectivity index is 2.68. The van der Waals surface area contributed by atoms with Crippen molar-refractivity contribution in [2.45, 2.75) is 80.1 Å². The first-order valence-corrected chi connectivity index (χ1v) is 10.7. The van der Waals surface area contributed by atoms with Crippen LogP contribution in [0, 0.1) is 17.3 Å². The zero-order valence-electron chi connectivity index (χ0n) is 18.6. The minimum atomic E-state index is 0.401. The Labute approximate surface area is 163 Å². The molecule has 0 bridgehead atoms. The second-order valence-electron chi connectivity index (χ2n) is 8.54. The topological polar surface area (TPSA) is 3.24 Å². The van der Waals surface area contributed by atoms with E-state index in [-0.39, 0.29) is 0 Å². The van der Waals surface area contributed by atoms with Gasteiger partial charge in [0.05, 0.1) is 0 Å². The van der Waals surface area contributed by atoms with Crippen molar-refractivity contribution in [1.82, 2.24) is 4.90 Å². The summed E-state index contributed by atoms with van der Waals surface area (Å²) in [5, 5.41) is 0. The molecule has 0 aromatic rings. The Bertz CT molecular complexity index is 528. The van der Waals surface area contributed by atoms with Gasteiger partial charge in [-0.3, -0.25) is 0 Å². The number of allylic oxidation sites excluding steroid dienone is 7. The Morgan fingerprint density at radius 2 is 1.88 bits per heavy atom. The maximum Gasteiger partial charge on any atom is 0.0143 e. The van der Waals surface area contributed by atoms with E-state index in [0.717, 1.165) is 18.9 Å². The molecule has 1 rings (SSSR count). The van der Waals surface area contributed by atoms with Gasteiger partial charge in [-0.2, -0.15) is 0 Å². The van der Waals surface area contributed by atoms with E-state index in [0.29, 0.717) is 11.3 Å². The van der Waals surface area contributed by atoms with Crippen LogP contribution in [0.2, 0.25) is 0 Å². The molecule has 0 radical (unpaired) electrons. The maximum absolute atomic E-state index is 4.03. The summed E-state index contributed by atoms with van der Waals surface area (Å²) in [7, 11) is 2.16. The molecule has 0 amide bonds. The molecule has 0 aromatic carbocycles. The molecule has 1 unspecified atom stereocenters. The Kier molecular flexibility index (Phi) is 9.47. The molecular formula is C25H43N. The first-order chi connectivity index (χ1) is 12.3. The summed E-state index contributed by atoms with van der Waals surface area (Å²) in [5.74, 6) is 1.49. The third-order valence-corrected chi connectivity index (χ3v) is 6.45. The van der Waals surface area contributed by atoms with E-state index in [4.69, 9.17) is 0 Å². The smallest absolute Gasteiger partial charge is 0.0143 e. The zero-order chi connectivity index (χ0) is 19.7. The summed E-state index contributed by atoms with van der Waals surface area (Å²) in [6.45, 7) is 18.9. The highest BCUT2D eigenvalue weighted by atomic mass is 15.1. The zero-order valence-corrected chi connectivity index (χ0v) is 18.6. The summed E-state index contributed by atoms with van der Waals surface area (Å²) in [6, 6.07) is 0. The van der Waals surface area contributed by atoms with E-state index in [1.165, 1.54) is 43.4 Å². The molecule has 0 aromatic heterocycles. The van der Waals surface area contributed by atoms with E-state index in [9.17, 15) is 0 Å². The summed E-state index contributed by atoms with van der Waals surface area (Å²) in [4.78, 5) is 2.30. The minimum absolute atomic E-state index is 0.401. The Morgan fingerprint density at radius 1 is 1.23 bits per heavy atom. The standard InChI is InChI=1S/C25H43N/c1-9-13-20(5)23(10-2)16-15-22-18-25(7,19-22)24(11-3)17-14-21(6)26(8)12-4/h10,14,16-17,20,22H,2,9,11-13,15,18-19H2,1,3-8H3/b21-14+,23-16+,24-17+. The molecule has 0 spiro atoms. The predicted octanol–water partition coefficient (Wildman–Crippen LogP) is 7.53. The monoisotopic (exact) mass is 357 g/mol. The molecule has 0 heterocycles. The first kappa shape index (κ1) is 22.8. The molecule has 1 aliphatic carbocycles. The van der Waals surface area contributed by atoms with Crippen molar-refractivity contribution in [3.8, 4) is 0 Å². The van der Waals surface area contributed by atoms with Crippen LogP contribution in [-0.4, -0.2) is 18.5 Å². The van der Waals surface area contributed by atoms with Gasteiger partial charge in [0.15, 0.2) is 0 Å². The number of rotatable bonds is 11. The molecule has 0 saturated heterocycles. The largest absolute Gasteiger partial charge is 0.378 e. The highest BCUT2D eigenvalue weighted by Crippen LogP contribution is 2.53. The van der Waals surface area contributed by atoms with Crippen molar-refractivity contribution in [3.63, 3.8) is 0 Å². The predicted molar refractivity (Wildman–Crippen MR) is 118 cm³/mol. The molecule has 0 N–H and O–H groups in total. The van der Waals surface area contributed by atoms with Gasteiger partial charge in [-0.25, -0.2) is 0 Å². The van der Waals surface area contributed by atoms with Crippen molar-refractivity contribution in [2.24, 2.45) is 17.3 Å². The molecule has 1 heteroatoms. The van der Waals surface area contributed by atoms with Crippen molar-refractivity contribution in [1.29, 1.82) is 0 Å². The van der Waals surface area contributed by atoms with Crippen LogP contribution in [-0.2, 0) is 0 Å². The second-order valence-corrected chi connectivity index (χ2v) is 8.54. The lowest BCUT2D eigenvalue weighted by molar-refractivity contribution is 0.114. The average Bonchev–Trinajstić information content (AvgIpc) is 2.60. The normalized spacial score (nSPS) is 25.7. The summed E-state index contributed by atoms with van der Waals surface area (Å²) in [6.07, 6.45) is 16.8. The van der Waals surface area contributed by atoms with Crippen LogP contribution in [0.1, 0.15) is 80.1 Å². The summed E-state index contributed by atoms with van der Waals surface area (Å²) >= 11 is 0. The highest BCUT2D eigenvalue weighted by Gasteiger charge is 2.41. The molecule has 0 aliphatic heterocycles. The first-order valence-electron chi connectivity index (χ1n) is 10.7. The third kappa shape index (κ3) is 6.18. The summed E-state index contributed by atoms with van der Waals surface area (Å²) in [5.41, 5.74) is 4.82. The third-order valence-electron chi connectivity index (χ3n) is 6.45. The lowest BCUT2D eigenvalue weighted by Crippen LogP contribution is -2.36. The van der Waals surface area contributed by atoms with Crippen molar-refractivity contribution in [2.75, 3.05) is 13.6 Å². The molecule has 1 atom stereocenters. The molecule has 1 fully saturated rings. The van der Waals surface area contributed by atoms with Gasteiger partial charge in [0.1, 0.15) is 0 Å². The molecule has 1 nitrogen and oxygen atoms in total. The molecule has 148 valence electrons. The molecular weight excluding hydrogens is 314 g/mol. The van der Waals surface area contributed by atoms with Gasteiger partial charge in [0.2, 0.25) is 0 Å². The van der Waals surface area contributed by atoms with Gasteiger partial charge in [-0.15, -0.1) is 0 Å². The number of nitrogens with zero attached hydrogens (tertiary/aromatic N) is 1. The Hall–Kier alpha value is -1.24. The molecule has 1 aliphatic rings. The van der Waals surface area contributed by atoms with E-state index in [2.05, 4.69) is 84.4 Å². The van der Waals surface area contributed by atoms with Crippen LogP contribution in [0.25, 0.3) is 0 Å². The average molecular weight is 358 g/mol. The minimum Gasteiger partial charge on any atom is -0.378 e. The lowest BCUT2D eigenvalue weighted by atomic mass is 9.58. The second kappa shape index (κ2) is 10.8. The van der Waals surface area contributed by atoms with Crippen LogP contribution < -0.4 is 0 Å². The van der Waals surface area contributed by atoms with Crippen LogP contribution in [0.3, 0.4) is 0 Å². The van der Waals surface area contributed by atoms with E-state index < -0.39 is 0 Å². The SMILES string of the molecule is C=C/C(=C\CC1CC(C)(/C(=C/C=C(\C)N(C)CC)CC)C1)C(C)CCC. The highest BCUT2D eigenvalue weighted by molar-refractivity contribution is 5.25.